The molecule has 1 aromatic carbocycles. The first kappa shape index (κ1) is 12.4. The van der Waals surface area contributed by atoms with Gasteiger partial charge < -0.3 is 9.84 Å². The Morgan fingerprint density at radius 1 is 1.29 bits per heavy atom. The van der Waals surface area contributed by atoms with Crippen LogP contribution in [-0.4, -0.2) is 17.3 Å². The van der Waals surface area contributed by atoms with Gasteiger partial charge in [0.1, 0.15) is 5.75 Å². The highest BCUT2D eigenvalue weighted by atomic mass is 16.6. The van der Waals surface area contributed by atoms with Gasteiger partial charge in [-0.05, 0) is 43.7 Å². The van der Waals surface area contributed by atoms with E-state index in [0.29, 0.717) is 23.9 Å². The smallest absolute Gasteiger partial charge is 0.119 e. The Balaban J connectivity index is 2.09. The molecule has 2 heteroatoms. The summed E-state index contributed by atoms with van der Waals surface area (Å²) in [6.45, 7) is 6.41. The van der Waals surface area contributed by atoms with Gasteiger partial charge in [-0.25, -0.2) is 0 Å². The van der Waals surface area contributed by atoms with Crippen molar-refractivity contribution in [3.63, 3.8) is 0 Å². The van der Waals surface area contributed by atoms with E-state index in [4.69, 9.17) is 4.74 Å². The van der Waals surface area contributed by atoms with Crippen LogP contribution in [0.2, 0.25) is 0 Å². The fourth-order valence-corrected chi connectivity index (χ4v) is 2.54. The Labute approximate surface area is 104 Å². The van der Waals surface area contributed by atoms with Gasteiger partial charge in [-0.3, -0.25) is 0 Å². The van der Waals surface area contributed by atoms with Gasteiger partial charge in [0.15, 0.2) is 0 Å². The van der Waals surface area contributed by atoms with Crippen molar-refractivity contribution in [3.8, 4) is 5.75 Å². The summed E-state index contributed by atoms with van der Waals surface area (Å²) in [7, 11) is 0. The van der Waals surface area contributed by atoms with E-state index in [1.165, 1.54) is 5.56 Å². The second-order valence-corrected chi connectivity index (χ2v) is 5.02. The van der Waals surface area contributed by atoms with E-state index in [1.807, 2.05) is 6.07 Å². The first-order valence-electron chi connectivity index (χ1n) is 6.60. The molecular formula is C15H22O2. The molecule has 0 spiro atoms. The summed E-state index contributed by atoms with van der Waals surface area (Å²) in [5, 5.41) is 9.95. The summed E-state index contributed by atoms with van der Waals surface area (Å²) in [6, 6.07) is 5.86. The predicted octanol–water partition coefficient (Wildman–Crippen LogP) is 3.76. The van der Waals surface area contributed by atoms with Crippen molar-refractivity contribution in [3.05, 3.63) is 29.3 Å². The number of rotatable bonds is 5. The molecule has 1 fully saturated rings. The molecule has 0 amide bonds. The van der Waals surface area contributed by atoms with E-state index in [-0.39, 0.29) is 0 Å². The third-order valence-electron chi connectivity index (χ3n) is 3.72. The molecule has 17 heavy (non-hydrogen) atoms. The van der Waals surface area contributed by atoms with Crippen molar-refractivity contribution in [2.45, 2.75) is 58.2 Å². The highest BCUT2D eigenvalue weighted by molar-refractivity contribution is 5.38. The normalized spacial score (nSPS) is 24.6. The van der Waals surface area contributed by atoms with Crippen LogP contribution in [0, 0.1) is 6.92 Å². The molecule has 0 aromatic heterocycles. The second-order valence-electron chi connectivity index (χ2n) is 5.02. The number of phenols is 1. The Hall–Kier alpha value is -1.02. The zero-order valence-corrected chi connectivity index (χ0v) is 10.9. The minimum atomic E-state index is 0.407. The van der Waals surface area contributed by atoms with E-state index >= 15 is 0 Å². The van der Waals surface area contributed by atoms with E-state index in [2.05, 4.69) is 26.8 Å². The molecule has 94 valence electrons. The Morgan fingerprint density at radius 2 is 2.06 bits per heavy atom. The molecule has 3 atom stereocenters. The molecule has 2 nitrogen and oxygen atoms in total. The van der Waals surface area contributed by atoms with Gasteiger partial charge in [-0.1, -0.05) is 31.5 Å². The van der Waals surface area contributed by atoms with Gasteiger partial charge in [0, 0.05) is 0 Å². The third kappa shape index (κ3) is 2.81. The SMILES string of the molecule is CCC(CC1OC1CC)c1cc(C)ccc1O. The Kier molecular flexibility index (Phi) is 3.72. The van der Waals surface area contributed by atoms with Crippen molar-refractivity contribution in [2.75, 3.05) is 0 Å². The number of epoxide rings is 1. The summed E-state index contributed by atoms with van der Waals surface area (Å²) in [5.74, 6) is 0.840. The van der Waals surface area contributed by atoms with Crippen LogP contribution < -0.4 is 0 Å². The number of benzene rings is 1. The average molecular weight is 234 g/mol. The van der Waals surface area contributed by atoms with Gasteiger partial charge in [-0.15, -0.1) is 0 Å². The number of hydrogen-bond donors (Lipinski definition) is 1. The van der Waals surface area contributed by atoms with Crippen molar-refractivity contribution in [1.29, 1.82) is 0 Å². The molecule has 0 radical (unpaired) electrons. The van der Waals surface area contributed by atoms with Crippen molar-refractivity contribution >= 4 is 0 Å². The van der Waals surface area contributed by atoms with Crippen LogP contribution in [-0.2, 0) is 4.74 Å². The van der Waals surface area contributed by atoms with Crippen LogP contribution >= 0.6 is 0 Å². The lowest BCUT2D eigenvalue weighted by molar-refractivity contribution is 0.347. The molecule has 1 heterocycles. The highest BCUT2D eigenvalue weighted by Crippen LogP contribution is 2.38. The molecule has 0 aliphatic carbocycles. The van der Waals surface area contributed by atoms with Crippen molar-refractivity contribution < 1.29 is 9.84 Å². The number of ether oxygens (including phenoxy) is 1. The maximum Gasteiger partial charge on any atom is 0.119 e. The number of aromatic hydroxyl groups is 1. The summed E-state index contributed by atoms with van der Waals surface area (Å²) in [5.41, 5.74) is 2.29. The average Bonchev–Trinajstić information content (AvgIpc) is 3.08. The Bertz CT molecular complexity index is 387. The minimum Gasteiger partial charge on any atom is -0.508 e. The molecule has 3 unspecified atom stereocenters. The van der Waals surface area contributed by atoms with Gasteiger partial charge in [0.05, 0.1) is 12.2 Å². The quantitative estimate of drug-likeness (QED) is 0.787. The lowest BCUT2D eigenvalue weighted by Gasteiger charge is -2.16. The molecule has 2 rings (SSSR count). The standard InChI is InChI=1S/C15H22O2/c1-4-11(9-15-14(5-2)17-15)12-8-10(3)6-7-13(12)16/h6-8,11,14-16H,4-5,9H2,1-3H3. The second kappa shape index (κ2) is 5.09. The number of hydrogen-bond acceptors (Lipinski definition) is 2. The van der Waals surface area contributed by atoms with E-state index < -0.39 is 0 Å². The van der Waals surface area contributed by atoms with Crippen molar-refractivity contribution in [2.24, 2.45) is 0 Å². The maximum absolute atomic E-state index is 9.95. The molecule has 1 aliphatic rings. The zero-order chi connectivity index (χ0) is 12.4. The molecule has 1 N–H and O–H groups in total. The minimum absolute atomic E-state index is 0.407. The van der Waals surface area contributed by atoms with Crippen LogP contribution in [0.1, 0.15) is 50.2 Å². The maximum atomic E-state index is 9.95. The summed E-state index contributed by atoms with van der Waals surface area (Å²) in [6.07, 6.45) is 4.04. The summed E-state index contributed by atoms with van der Waals surface area (Å²) < 4.78 is 5.61. The summed E-state index contributed by atoms with van der Waals surface area (Å²) >= 11 is 0. The van der Waals surface area contributed by atoms with Gasteiger partial charge in [0.25, 0.3) is 0 Å². The van der Waals surface area contributed by atoms with Crippen LogP contribution in [0.3, 0.4) is 0 Å². The fourth-order valence-electron chi connectivity index (χ4n) is 2.54. The van der Waals surface area contributed by atoms with Crippen LogP contribution in [0.15, 0.2) is 18.2 Å². The predicted molar refractivity (Wildman–Crippen MR) is 69.4 cm³/mol. The van der Waals surface area contributed by atoms with Crippen LogP contribution in [0.5, 0.6) is 5.75 Å². The molecule has 1 saturated heterocycles. The summed E-state index contributed by atoms with van der Waals surface area (Å²) in [4.78, 5) is 0. The van der Waals surface area contributed by atoms with Gasteiger partial charge in [-0.2, -0.15) is 0 Å². The topological polar surface area (TPSA) is 32.8 Å². The number of aryl methyl sites for hydroxylation is 1. The fraction of sp³-hybridized carbons (Fsp3) is 0.600. The van der Waals surface area contributed by atoms with E-state index in [0.717, 1.165) is 24.8 Å². The van der Waals surface area contributed by atoms with Gasteiger partial charge in [0.2, 0.25) is 0 Å². The molecule has 1 aliphatic heterocycles. The number of phenolic OH excluding ortho intramolecular Hbond substituents is 1. The van der Waals surface area contributed by atoms with E-state index in [1.54, 1.807) is 6.07 Å². The third-order valence-corrected chi connectivity index (χ3v) is 3.72. The van der Waals surface area contributed by atoms with Crippen LogP contribution in [0.4, 0.5) is 0 Å². The van der Waals surface area contributed by atoms with Gasteiger partial charge >= 0.3 is 0 Å². The molecule has 0 bridgehead atoms. The van der Waals surface area contributed by atoms with Crippen molar-refractivity contribution in [1.82, 2.24) is 0 Å². The molecular weight excluding hydrogens is 212 g/mol. The lowest BCUT2D eigenvalue weighted by atomic mass is 9.89. The monoisotopic (exact) mass is 234 g/mol. The van der Waals surface area contributed by atoms with Crippen LogP contribution in [0.25, 0.3) is 0 Å². The molecule has 1 aromatic rings. The highest BCUT2D eigenvalue weighted by Gasteiger charge is 2.38. The lowest BCUT2D eigenvalue weighted by Crippen LogP contribution is -2.04. The first-order valence-corrected chi connectivity index (χ1v) is 6.60. The largest absolute Gasteiger partial charge is 0.508 e. The Morgan fingerprint density at radius 3 is 2.65 bits per heavy atom. The zero-order valence-electron chi connectivity index (χ0n) is 10.9. The molecule has 0 saturated carbocycles. The first-order chi connectivity index (χ1) is 8.15. The van der Waals surface area contributed by atoms with E-state index in [9.17, 15) is 5.11 Å².